The molecule has 16 heavy (non-hydrogen) atoms. The number of carbonyl (C=O) groups is 1. The molecule has 0 aliphatic rings. The zero-order valence-corrected chi connectivity index (χ0v) is 9.02. The molecule has 3 N–H and O–H groups in total. The number of nitrogens with two attached hydrogens (primary N) is 1. The molecule has 0 saturated heterocycles. The van der Waals surface area contributed by atoms with Crippen LogP contribution in [0.1, 0.15) is 18.4 Å². The van der Waals surface area contributed by atoms with Gasteiger partial charge in [-0.25, -0.2) is 10.2 Å². The first-order chi connectivity index (χ1) is 7.74. The van der Waals surface area contributed by atoms with Crippen LogP contribution in [0.5, 0.6) is 0 Å². The van der Waals surface area contributed by atoms with Crippen LogP contribution >= 0.6 is 0 Å². The van der Waals surface area contributed by atoms with Crippen LogP contribution in [0.2, 0.25) is 0 Å². The Bertz CT molecular complexity index is 385. The average molecular weight is 217 g/mol. The van der Waals surface area contributed by atoms with Crippen molar-refractivity contribution in [3.8, 4) is 0 Å². The number of nitrogens with one attached hydrogen (secondary N) is 1. The van der Waals surface area contributed by atoms with Crippen molar-refractivity contribution in [3.63, 3.8) is 0 Å². The fourth-order valence-corrected chi connectivity index (χ4v) is 1.26. The van der Waals surface area contributed by atoms with Crippen LogP contribution in [0.15, 0.2) is 48.1 Å². The zero-order valence-electron chi connectivity index (χ0n) is 9.02. The highest BCUT2D eigenvalue weighted by atomic mass is 16.2. The molecule has 0 aliphatic heterocycles. The number of amides is 2. The van der Waals surface area contributed by atoms with E-state index >= 15 is 0 Å². The Morgan fingerprint density at radius 1 is 1.44 bits per heavy atom. The van der Waals surface area contributed by atoms with E-state index in [0.717, 1.165) is 17.7 Å². The van der Waals surface area contributed by atoms with Gasteiger partial charge in [-0.3, -0.25) is 0 Å². The number of primary amides is 1. The van der Waals surface area contributed by atoms with Gasteiger partial charge < -0.3 is 5.73 Å². The van der Waals surface area contributed by atoms with Crippen LogP contribution in [-0.2, 0) is 0 Å². The smallest absolute Gasteiger partial charge is 0.332 e. The van der Waals surface area contributed by atoms with Crippen molar-refractivity contribution >= 4 is 11.7 Å². The number of carbonyl (C=O) groups excluding carboxylic acids is 1. The van der Waals surface area contributed by atoms with Crippen LogP contribution < -0.4 is 11.2 Å². The SMILES string of the molecule is C=CCC/C(=N\NC(N)=O)c1ccccc1. The summed E-state index contributed by atoms with van der Waals surface area (Å²) in [5, 5.41) is 3.98. The van der Waals surface area contributed by atoms with E-state index in [1.807, 2.05) is 36.4 Å². The molecule has 4 nitrogen and oxygen atoms in total. The lowest BCUT2D eigenvalue weighted by molar-refractivity contribution is 0.249. The molecule has 0 spiro atoms. The fourth-order valence-electron chi connectivity index (χ4n) is 1.26. The van der Waals surface area contributed by atoms with Gasteiger partial charge >= 0.3 is 6.03 Å². The number of allylic oxidation sites excluding steroid dienone is 1. The molecule has 1 rings (SSSR count). The highest BCUT2D eigenvalue weighted by molar-refractivity contribution is 6.01. The summed E-state index contributed by atoms with van der Waals surface area (Å²) in [6, 6.07) is 8.98. The third-order valence-corrected chi connectivity index (χ3v) is 1.99. The van der Waals surface area contributed by atoms with Gasteiger partial charge in [0.15, 0.2) is 0 Å². The third kappa shape index (κ3) is 3.96. The summed E-state index contributed by atoms with van der Waals surface area (Å²) >= 11 is 0. The second-order valence-electron chi connectivity index (χ2n) is 3.23. The van der Waals surface area contributed by atoms with E-state index in [1.54, 1.807) is 0 Å². The third-order valence-electron chi connectivity index (χ3n) is 1.99. The minimum absolute atomic E-state index is 0.660. The second-order valence-corrected chi connectivity index (χ2v) is 3.23. The van der Waals surface area contributed by atoms with Gasteiger partial charge in [-0.15, -0.1) is 6.58 Å². The van der Waals surface area contributed by atoms with Crippen molar-refractivity contribution in [3.05, 3.63) is 48.6 Å². The van der Waals surface area contributed by atoms with Crippen molar-refractivity contribution in [1.82, 2.24) is 5.43 Å². The van der Waals surface area contributed by atoms with Crippen molar-refractivity contribution in [2.24, 2.45) is 10.8 Å². The molecule has 84 valence electrons. The van der Waals surface area contributed by atoms with Gasteiger partial charge in [-0.2, -0.15) is 5.10 Å². The molecule has 2 amide bonds. The largest absolute Gasteiger partial charge is 0.350 e. The topological polar surface area (TPSA) is 67.5 Å². The number of hydrazone groups is 1. The zero-order chi connectivity index (χ0) is 11.8. The van der Waals surface area contributed by atoms with E-state index in [2.05, 4.69) is 17.1 Å². The van der Waals surface area contributed by atoms with Gasteiger partial charge in [-0.1, -0.05) is 36.4 Å². The molecule has 0 fully saturated rings. The Hall–Kier alpha value is -2.10. The summed E-state index contributed by atoms with van der Waals surface area (Å²) in [5.74, 6) is 0. The normalized spacial score (nSPS) is 10.9. The summed E-state index contributed by atoms with van der Waals surface area (Å²) in [6.45, 7) is 3.65. The molecule has 0 unspecified atom stereocenters. The molecule has 0 atom stereocenters. The number of benzene rings is 1. The lowest BCUT2D eigenvalue weighted by Crippen LogP contribution is -2.26. The lowest BCUT2D eigenvalue weighted by Gasteiger charge is -2.05. The van der Waals surface area contributed by atoms with E-state index in [9.17, 15) is 4.79 Å². The van der Waals surface area contributed by atoms with E-state index in [0.29, 0.717) is 6.42 Å². The second kappa shape index (κ2) is 6.40. The summed E-state index contributed by atoms with van der Waals surface area (Å²) in [6.07, 6.45) is 3.32. The average Bonchev–Trinajstić information content (AvgIpc) is 2.30. The molecule has 4 heteroatoms. The Kier molecular flexibility index (Phi) is 4.79. The van der Waals surface area contributed by atoms with Gasteiger partial charge in [0.25, 0.3) is 0 Å². The first-order valence-corrected chi connectivity index (χ1v) is 5.02. The minimum atomic E-state index is -0.660. The monoisotopic (exact) mass is 217 g/mol. The quantitative estimate of drug-likeness (QED) is 0.442. The summed E-state index contributed by atoms with van der Waals surface area (Å²) < 4.78 is 0. The molecule has 0 bridgehead atoms. The molecule has 1 aromatic rings. The maximum Gasteiger partial charge on any atom is 0.332 e. The van der Waals surface area contributed by atoms with Gasteiger partial charge in [-0.05, 0) is 18.4 Å². The van der Waals surface area contributed by atoms with Crippen LogP contribution in [0, 0.1) is 0 Å². The molecule has 0 saturated carbocycles. The van der Waals surface area contributed by atoms with E-state index < -0.39 is 6.03 Å². The predicted octanol–water partition coefficient (Wildman–Crippen LogP) is 2.03. The van der Waals surface area contributed by atoms with Crippen LogP contribution in [0.25, 0.3) is 0 Å². The van der Waals surface area contributed by atoms with E-state index in [-0.39, 0.29) is 0 Å². The number of hydrogen-bond donors (Lipinski definition) is 2. The first-order valence-electron chi connectivity index (χ1n) is 5.02. The minimum Gasteiger partial charge on any atom is -0.350 e. The predicted molar refractivity (Wildman–Crippen MR) is 65.1 cm³/mol. The van der Waals surface area contributed by atoms with Crippen LogP contribution in [0.3, 0.4) is 0 Å². The Labute approximate surface area is 94.8 Å². The maximum atomic E-state index is 10.6. The first kappa shape index (κ1) is 12.0. The number of rotatable bonds is 5. The van der Waals surface area contributed by atoms with Gasteiger partial charge in [0.2, 0.25) is 0 Å². The van der Waals surface area contributed by atoms with Crippen molar-refractivity contribution in [1.29, 1.82) is 0 Å². The summed E-state index contributed by atoms with van der Waals surface area (Å²) in [7, 11) is 0. The highest BCUT2D eigenvalue weighted by Crippen LogP contribution is 2.06. The standard InChI is InChI=1S/C12H15N3O/c1-2-3-9-11(14-15-12(13)16)10-7-5-4-6-8-10/h2,4-8H,1,3,9H2,(H3,13,15,16)/b14-11+. The van der Waals surface area contributed by atoms with E-state index in [4.69, 9.17) is 5.73 Å². The lowest BCUT2D eigenvalue weighted by atomic mass is 10.1. The van der Waals surface area contributed by atoms with Crippen molar-refractivity contribution < 1.29 is 4.79 Å². The summed E-state index contributed by atoms with van der Waals surface area (Å²) in [4.78, 5) is 10.6. The maximum absolute atomic E-state index is 10.6. The van der Waals surface area contributed by atoms with Gasteiger partial charge in [0.1, 0.15) is 0 Å². The van der Waals surface area contributed by atoms with Gasteiger partial charge in [0, 0.05) is 0 Å². The van der Waals surface area contributed by atoms with Crippen molar-refractivity contribution in [2.75, 3.05) is 0 Å². The van der Waals surface area contributed by atoms with E-state index in [1.165, 1.54) is 0 Å². The van der Waals surface area contributed by atoms with Crippen LogP contribution in [0.4, 0.5) is 4.79 Å². The number of hydrogen-bond acceptors (Lipinski definition) is 2. The molecule has 0 aliphatic carbocycles. The molecule has 0 aromatic heterocycles. The Balaban J connectivity index is 2.82. The molecular weight excluding hydrogens is 202 g/mol. The highest BCUT2D eigenvalue weighted by Gasteiger charge is 2.02. The number of urea groups is 1. The van der Waals surface area contributed by atoms with Gasteiger partial charge in [0.05, 0.1) is 5.71 Å². The molecule has 0 heterocycles. The summed E-state index contributed by atoms with van der Waals surface area (Å²) in [5.41, 5.74) is 8.98. The number of nitrogens with zero attached hydrogens (tertiary/aromatic N) is 1. The van der Waals surface area contributed by atoms with Crippen molar-refractivity contribution in [2.45, 2.75) is 12.8 Å². The molecular formula is C12H15N3O. The fraction of sp³-hybridized carbons (Fsp3) is 0.167. The molecule has 1 aromatic carbocycles. The Morgan fingerprint density at radius 2 is 2.12 bits per heavy atom. The van der Waals surface area contributed by atoms with Crippen LogP contribution in [-0.4, -0.2) is 11.7 Å². The Morgan fingerprint density at radius 3 is 2.69 bits per heavy atom. The molecule has 0 radical (unpaired) electrons.